The molecule has 3 aliphatic rings. The Hall–Kier alpha value is -0.632. The number of ether oxygens (including phenoxy) is 2. The van der Waals surface area contributed by atoms with E-state index in [1.54, 1.807) is 18.4 Å². The first kappa shape index (κ1) is 39.2. The number of nitrogens with zero attached hydrogens (tertiary/aromatic N) is 8. The second kappa shape index (κ2) is 15.3. The van der Waals surface area contributed by atoms with Gasteiger partial charge in [-0.05, 0) is 11.4 Å². The Balaban J connectivity index is 0.000000204. The van der Waals surface area contributed by atoms with Gasteiger partial charge in [-0.1, -0.05) is 13.8 Å². The average Bonchev–Trinajstić information content (AvgIpc) is 3.74. The van der Waals surface area contributed by atoms with Crippen molar-refractivity contribution in [3.8, 4) is 0 Å². The smallest absolute Gasteiger partial charge is 0.387 e. The Labute approximate surface area is 316 Å². The Morgan fingerprint density at radius 1 is 0.915 bits per heavy atom. The number of phosphoric acid groups is 1. The van der Waals surface area contributed by atoms with Crippen LogP contribution in [0.3, 0.4) is 0 Å². The summed E-state index contributed by atoms with van der Waals surface area (Å²) in [6, 6.07) is 0. The number of aliphatic hydroxyl groups excluding tert-OH is 3. The summed E-state index contributed by atoms with van der Waals surface area (Å²) in [5, 5.41) is 30.6. The fraction of sp³-hybridized carbons (Fsp3) is 0.565. The number of imidazole rings is 2. The van der Waals surface area contributed by atoms with Crippen molar-refractivity contribution in [1.29, 1.82) is 0 Å². The molecule has 5 N–H and O–H groups in total. The monoisotopic (exact) mass is 848 g/mol. The first-order chi connectivity index (χ1) is 21.2. The average molecular weight is 848 g/mol. The van der Waals surface area contributed by atoms with Gasteiger partial charge in [0.25, 0.3) is 0 Å². The molecule has 47 heavy (non-hydrogen) atoms. The molecule has 3 saturated heterocycles. The second-order valence-electron chi connectivity index (χ2n) is 10.5. The maximum Gasteiger partial charge on any atom is 0.469 e. The summed E-state index contributed by atoms with van der Waals surface area (Å²) < 4.78 is 51.7. The first-order valence-corrected chi connectivity index (χ1v) is 16.9. The molecule has 9 atom stereocenters. The normalized spacial score (nSPS) is 31.9. The Morgan fingerprint density at radius 3 is 1.98 bits per heavy atom. The van der Waals surface area contributed by atoms with Gasteiger partial charge in [-0.3, -0.25) is 23.6 Å². The molecule has 7 heterocycles. The van der Waals surface area contributed by atoms with Gasteiger partial charge in [0.1, 0.15) is 36.6 Å². The van der Waals surface area contributed by atoms with Crippen molar-refractivity contribution in [2.45, 2.75) is 62.9 Å². The van der Waals surface area contributed by atoms with Crippen LogP contribution in [0.4, 0.5) is 0 Å². The van der Waals surface area contributed by atoms with Crippen molar-refractivity contribution in [3.63, 3.8) is 0 Å². The van der Waals surface area contributed by atoms with E-state index in [0.29, 0.717) is 33.7 Å². The molecule has 1 unspecified atom stereocenters. The van der Waals surface area contributed by atoms with E-state index >= 15 is 0 Å². The van der Waals surface area contributed by atoms with Crippen molar-refractivity contribution >= 4 is 37.7 Å². The summed E-state index contributed by atoms with van der Waals surface area (Å²) in [4.78, 5) is 41.6. The number of aliphatic hydroxyl groups is 3. The number of aryl methyl sites for hydroxylation is 2. The molecule has 3 aliphatic heterocycles. The molecule has 0 saturated carbocycles. The number of rotatable bonds is 5. The van der Waals surface area contributed by atoms with E-state index in [9.17, 15) is 24.4 Å². The molecule has 0 amide bonds. The fourth-order valence-electron chi connectivity index (χ4n) is 5.16. The van der Waals surface area contributed by atoms with Gasteiger partial charge in [0.2, 0.25) is 0 Å². The van der Waals surface area contributed by atoms with Crippen molar-refractivity contribution in [2.75, 3.05) is 19.9 Å². The number of aromatic nitrogens is 8. The Bertz CT molecular complexity index is 1810. The predicted octanol–water partition coefficient (Wildman–Crippen LogP) is -0.910. The van der Waals surface area contributed by atoms with E-state index in [2.05, 4.69) is 47.1 Å². The first-order valence-electron chi connectivity index (χ1n) is 13.3. The second-order valence-corrected chi connectivity index (χ2v) is 13.7. The molecule has 0 spiro atoms. The largest absolute Gasteiger partial charge is 0.469 e. The van der Waals surface area contributed by atoms with Crippen LogP contribution in [0.1, 0.15) is 23.8 Å². The molecule has 0 aromatic carbocycles. The maximum absolute atomic E-state index is 11.9. The quantitative estimate of drug-likeness (QED) is 0.120. The standard InChI is InChI=1S/C12H14N4O5P.C11H14N4O7P.2Y/c1-6-8-11(14-4-13-6)16(5-15-8)12-9(17)10-7(20-12)3-19-22(2,18)21-10;1-5-7-10(13-3-12-5)15(4-14-7)11-9(17)8(16)6(22-11)2-21-23(18,19)20;;/h5,7,9-10,12,17H,3H2,1-2H3;4,6,8-9,11,16-17H,2H2,1H3,(H2,18,19,20);;/q2*-1;;/t7-,9-,10-,12-,22?;6-,8-,9-,11-;;/m11../s1. The van der Waals surface area contributed by atoms with Crippen molar-refractivity contribution in [3.05, 3.63) is 36.7 Å². The summed E-state index contributed by atoms with van der Waals surface area (Å²) in [7, 11) is -7.86. The van der Waals surface area contributed by atoms with Gasteiger partial charge in [-0.25, -0.2) is 4.57 Å². The predicted molar refractivity (Wildman–Crippen MR) is 146 cm³/mol. The van der Waals surface area contributed by atoms with Crippen LogP contribution in [0.5, 0.6) is 0 Å². The summed E-state index contributed by atoms with van der Waals surface area (Å²) in [6.45, 7) is 4.43. The molecule has 2 radical (unpaired) electrons. The van der Waals surface area contributed by atoms with Crippen LogP contribution in [0, 0.1) is 26.5 Å². The molecule has 3 fully saturated rings. The van der Waals surface area contributed by atoms with E-state index in [4.69, 9.17) is 28.3 Å². The van der Waals surface area contributed by atoms with E-state index in [-0.39, 0.29) is 72.0 Å². The van der Waals surface area contributed by atoms with Crippen LogP contribution < -0.4 is 0 Å². The Kier molecular flexibility index (Phi) is 12.8. The van der Waals surface area contributed by atoms with Gasteiger partial charge in [0, 0.05) is 95.8 Å². The van der Waals surface area contributed by atoms with Crippen LogP contribution in [0.2, 0.25) is 0 Å². The van der Waals surface area contributed by atoms with E-state index in [0.717, 1.165) is 0 Å². The van der Waals surface area contributed by atoms with Crippen LogP contribution in [0.25, 0.3) is 22.3 Å². The van der Waals surface area contributed by atoms with Gasteiger partial charge in [-0.2, -0.15) is 0 Å². The third kappa shape index (κ3) is 8.14. The molecule has 24 heteroatoms. The minimum absolute atomic E-state index is 0. The molecule has 4 aromatic heterocycles. The van der Waals surface area contributed by atoms with Crippen molar-refractivity contribution in [1.82, 2.24) is 39.0 Å². The molecule has 250 valence electrons. The van der Waals surface area contributed by atoms with Gasteiger partial charge in [0.15, 0.2) is 12.5 Å². The van der Waals surface area contributed by atoms with Crippen LogP contribution >= 0.6 is 15.4 Å². The van der Waals surface area contributed by atoms with E-state index < -0.39 is 71.1 Å². The van der Waals surface area contributed by atoms with E-state index in [1.807, 2.05) is 0 Å². The van der Waals surface area contributed by atoms with E-state index in [1.165, 1.54) is 23.9 Å². The summed E-state index contributed by atoms with van der Waals surface area (Å²) in [5.74, 6) is 0. The summed E-state index contributed by atoms with van der Waals surface area (Å²) >= 11 is 0. The molecule has 4 aromatic rings. The zero-order valence-corrected chi connectivity index (χ0v) is 32.4. The number of hydrogen-bond acceptors (Lipinski definition) is 16. The van der Waals surface area contributed by atoms with Crippen LogP contribution in [0.15, 0.2) is 12.7 Å². The number of phosphoric ester groups is 1. The summed E-state index contributed by atoms with van der Waals surface area (Å²) in [6.07, 6.45) is 0.0295. The van der Waals surface area contributed by atoms with Gasteiger partial charge >= 0.3 is 15.4 Å². The number of hydrogen-bond donors (Lipinski definition) is 5. The van der Waals surface area contributed by atoms with Gasteiger partial charge in [-0.15, -0.1) is 0 Å². The third-order valence-corrected chi connectivity index (χ3v) is 9.09. The third-order valence-electron chi connectivity index (χ3n) is 7.36. The molecule has 0 aliphatic carbocycles. The zero-order chi connectivity index (χ0) is 32.3. The fourth-order valence-corrected chi connectivity index (χ4v) is 6.68. The molecular formula is C23H28N8O12P2Y2-2. The SMILES string of the molecule is Cc1n[c-]nc2c1ncn2[C@@H]1O[C@@H]2COP(C)(=O)O[C@H]2[C@H]1O.Cc1n[c-]nc2c1ncn2[C@@H]1O[C@H](COP(=O)(O)O)[C@@H](O)[C@H]1O.[Y].[Y]. The van der Waals surface area contributed by atoms with Crippen molar-refractivity contribution in [2.24, 2.45) is 0 Å². The van der Waals surface area contributed by atoms with Gasteiger partial charge in [0.05, 0.1) is 37.2 Å². The molecule has 7 rings (SSSR count). The van der Waals surface area contributed by atoms with Crippen molar-refractivity contribution < 1.29 is 123 Å². The molecule has 20 nitrogen and oxygen atoms in total. The van der Waals surface area contributed by atoms with Crippen LogP contribution in [-0.2, 0) is 97.6 Å². The number of fused-ring (bicyclic) bond motifs is 3. The van der Waals surface area contributed by atoms with Crippen LogP contribution in [-0.4, -0.2) is 121 Å². The minimum Gasteiger partial charge on any atom is -0.387 e. The topological polar surface area (TPSA) is 269 Å². The van der Waals surface area contributed by atoms with Gasteiger partial charge < -0.3 is 68.2 Å². The minimum atomic E-state index is -4.71. The Morgan fingerprint density at radius 2 is 1.45 bits per heavy atom. The molecular weight excluding hydrogens is 820 g/mol. The zero-order valence-electron chi connectivity index (χ0n) is 24.9. The molecule has 0 bridgehead atoms. The summed E-state index contributed by atoms with van der Waals surface area (Å²) in [5.41, 5.74) is 3.24. The maximum atomic E-state index is 11.9.